The molecule has 5 nitrogen and oxygen atoms in total. The van der Waals surface area contributed by atoms with Crippen LogP contribution in [0.1, 0.15) is 85.9 Å². The van der Waals surface area contributed by atoms with E-state index in [-0.39, 0.29) is 46.0 Å². The molecule has 0 bridgehead atoms. The summed E-state index contributed by atoms with van der Waals surface area (Å²) in [5, 5.41) is 2.24. The average molecular weight is 928 g/mol. The maximum absolute atomic E-state index is 9.30. The predicted molar refractivity (Wildman–Crippen MR) is 294 cm³/mol. The maximum Gasteiger partial charge on any atom is 0.269 e. The minimum absolute atomic E-state index is 0.0575. The summed E-state index contributed by atoms with van der Waals surface area (Å²) >= 11 is 0. The van der Waals surface area contributed by atoms with Crippen molar-refractivity contribution in [2.24, 2.45) is 0 Å². The molecule has 71 heavy (non-hydrogen) atoms. The maximum atomic E-state index is 9.30. The Morgan fingerprint density at radius 2 is 1.18 bits per heavy atom. The monoisotopic (exact) mass is 927 g/mol. The van der Waals surface area contributed by atoms with Gasteiger partial charge in [-0.1, -0.05) is 184 Å². The number of rotatable bonds is 5. The molecule has 1 aliphatic rings. The third-order valence-corrected chi connectivity index (χ3v) is 14.1. The van der Waals surface area contributed by atoms with E-state index in [9.17, 15) is 2.74 Å². The number of imidazole rings is 1. The largest absolute Gasteiger partial charge is 0.458 e. The van der Waals surface area contributed by atoms with Gasteiger partial charge in [0.25, 0.3) is 6.33 Å². The van der Waals surface area contributed by atoms with Crippen molar-refractivity contribution in [1.82, 2.24) is 14.1 Å². The first kappa shape index (κ1) is 38.8. The van der Waals surface area contributed by atoms with Crippen molar-refractivity contribution in [3.05, 3.63) is 211 Å². The van der Waals surface area contributed by atoms with Crippen LogP contribution in [0, 0.1) is 6.33 Å². The molecule has 0 saturated carbocycles. The third-order valence-electron chi connectivity index (χ3n) is 14.1. The van der Waals surface area contributed by atoms with Crippen molar-refractivity contribution in [2.75, 3.05) is 0 Å². The van der Waals surface area contributed by atoms with Gasteiger partial charge in [0, 0.05) is 23.0 Å². The summed E-state index contributed by atoms with van der Waals surface area (Å²) in [6.07, 6.45) is 5.84. The Bertz CT molecular complexity index is 4190. The molecule has 1 aliphatic heterocycles. The fraction of sp³-hybridized carbons (Fsp3) is 0.182. The molecule has 348 valence electrons. The van der Waals surface area contributed by atoms with Gasteiger partial charge >= 0.3 is 0 Å². The Balaban J connectivity index is 1.11. The van der Waals surface area contributed by atoms with Crippen LogP contribution in [-0.2, 0) is 16.2 Å². The van der Waals surface area contributed by atoms with Gasteiger partial charge in [-0.15, -0.1) is 0 Å². The number of benzene rings is 8. The van der Waals surface area contributed by atoms with E-state index in [1.165, 1.54) is 5.56 Å². The van der Waals surface area contributed by atoms with E-state index < -0.39 is 6.04 Å². The zero-order chi connectivity index (χ0) is 53.3. The van der Waals surface area contributed by atoms with Gasteiger partial charge in [-0.3, -0.25) is 13.7 Å². The van der Waals surface area contributed by atoms with E-state index in [1.807, 2.05) is 42.6 Å². The van der Waals surface area contributed by atoms with Crippen LogP contribution in [0.3, 0.4) is 0 Å². The number of aromatic nitrogens is 4. The van der Waals surface area contributed by atoms with Crippen molar-refractivity contribution in [1.29, 1.82) is 0 Å². The number of ether oxygens (including phenoxy) is 1. The van der Waals surface area contributed by atoms with Crippen molar-refractivity contribution in [3.8, 4) is 73.2 Å². The highest BCUT2D eigenvalue weighted by Crippen LogP contribution is 2.49. The summed E-state index contributed by atoms with van der Waals surface area (Å²) in [5.41, 5.74) is 14.5. The van der Waals surface area contributed by atoms with Crippen molar-refractivity contribution in [3.63, 3.8) is 0 Å². The van der Waals surface area contributed by atoms with Crippen LogP contribution < -0.4 is 9.30 Å². The molecule has 8 aromatic carbocycles. The molecule has 3 aromatic heterocycles. The summed E-state index contributed by atoms with van der Waals surface area (Å²) in [4.78, 5) is 4.91. The van der Waals surface area contributed by atoms with Crippen molar-refractivity contribution in [2.45, 2.75) is 78.6 Å². The Labute approximate surface area is 424 Å². The van der Waals surface area contributed by atoms with Gasteiger partial charge in [-0.05, 0) is 132 Å². The molecule has 4 heterocycles. The first-order chi connectivity index (χ1) is 36.2. The van der Waals surface area contributed by atoms with Gasteiger partial charge in [0.1, 0.15) is 17.3 Å². The topological polar surface area (TPSA) is 35.9 Å². The van der Waals surface area contributed by atoms with Gasteiger partial charge in [-0.2, -0.15) is 0 Å². The van der Waals surface area contributed by atoms with Crippen LogP contribution in [0.25, 0.3) is 94.5 Å². The van der Waals surface area contributed by atoms with E-state index in [1.54, 1.807) is 0 Å². The molecule has 0 fully saturated rings. The number of fused-ring (bicyclic) bond motifs is 10. The molecule has 5 heteroatoms. The Kier molecular flexibility index (Phi) is 8.89. The molecule has 0 spiro atoms. The van der Waals surface area contributed by atoms with Gasteiger partial charge in [0.2, 0.25) is 0 Å². The van der Waals surface area contributed by atoms with Crippen LogP contribution in [0.15, 0.2) is 188 Å². The second-order valence-electron chi connectivity index (χ2n) is 21.9. The summed E-state index contributed by atoms with van der Waals surface area (Å²) in [6.45, 7) is 20.0. The molecule has 0 aliphatic carbocycles. The van der Waals surface area contributed by atoms with E-state index >= 15 is 0 Å². The zero-order valence-electron chi connectivity index (χ0n) is 46.7. The fourth-order valence-electron chi connectivity index (χ4n) is 10.5. The Hall–Kier alpha value is -8.02. The Morgan fingerprint density at radius 3 is 1.96 bits per heavy atom. The number of pyridine rings is 1. The highest BCUT2D eigenvalue weighted by Gasteiger charge is 2.31. The van der Waals surface area contributed by atoms with Crippen molar-refractivity contribution >= 4 is 32.8 Å². The van der Waals surface area contributed by atoms with E-state index in [2.05, 4.69) is 198 Å². The van der Waals surface area contributed by atoms with Crippen LogP contribution in [0.4, 0.5) is 0 Å². The summed E-state index contributed by atoms with van der Waals surface area (Å²) in [6, 6.07) is 50.8. The Morgan fingerprint density at radius 1 is 0.521 bits per heavy atom. The zero-order valence-corrected chi connectivity index (χ0v) is 41.7. The van der Waals surface area contributed by atoms with Crippen LogP contribution in [-0.4, -0.2) is 14.1 Å². The molecule has 0 unspecified atom stereocenters. The van der Waals surface area contributed by atoms with Crippen LogP contribution in [0.2, 0.25) is 0 Å². The number of para-hydroxylation sites is 2. The summed E-state index contributed by atoms with van der Waals surface area (Å²) in [7, 11) is 0. The second-order valence-corrected chi connectivity index (χ2v) is 21.9. The van der Waals surface area contributed by atoms with Crippen molar-refractivity contribution < 1.29 is 16.2 Å². The van der Waals surface area contributed by atoms with Gasteiger partial charge in [-0.25, -0.2) is 4.98 Å². The lowest BCUT2D eigenvalue weighted by atomic mass is 9.80. The first-order valence-electron chi connectivity index (χ1n) is 27.0. The fourth-order valence-corrected chi connectivity index (χ4v) is 10.5. The number of hydrogen-bond donors (Lipinski definition) is 0. The van der Waals surface area contributed by atoms with Gasteiger partial charge in [0.15, 0.2) is 0 Å². The van der Waals surface area contributed by atoms with Crippen LogP contribution in [0.5, 0.6) is 11.5 Å². The normalized spacial score (nSPS) is 13.6. The smallest absolute Gasteiger partial charge is 0.269 e. The third kappa shape index (κ3) is 7.45. The minimum atomic E-state index is -0.427. The second kappa shape index (κ2) is 16.3. The summed E-state index contributed by atoms with van der Waals surface area (Å²) in [5.74, 6) is 2.19. The minimum Gasteiger partial charge on any atom is -0.458 e. The van der Waals surface area contributed by atoms with E-state index in [0.717, 1.165) is 94.5 Å². The molecule has 0 saturated heterocycles. The lowest BCUT2D eigenvalue weighted by Crippen LogP contribution is -2.35. The first-order valence-corrected chi connectivity index (χ1v) is 24.5. The van der Waals surface area contributed by atoms with Crippen LogP contribution >= 0.6 is 0 Å². The number of nitrogens with zero attached hydrogens (tertiary/aromatic N) is 4. The molecular formula is C66H58N4O. The standard InChI is InChI=1S/C66H58N4O/c1-64(2,3)43-34-35-67-60(38-43)70-57-31-16-15-26-51(57)52-33-32-47(40-58(52)70)71-46-23-17-22-45(39-46)68-41-69-62-54(29-19-30-56(62)66(7,8)9)61-48(42-20-11-10-12-21-42)27-18-28-53(61)49-24-13-14-25-50(49)55-36-44(65(4,5)6)37-59(68)63(55)69/h10-40H,1-9H3/i10D,11D,12D,20D,21D. The predicted octanol–water partition coefficient (Wildman–Crippen LogP) is 16.9. The van der Waals surface area contributed by atoms with E-state index in [4.69, 9.17) is 13.8 Å². The van der Waals surface area contributed by atoms with Gasteiger partial charge in [0.05, 0.1) is 40.3 Å². The highest BCUT2D eigenvalue weighted by atomic mass is 16.5. The highest BCUT2D eigenvalue weighted by molar-refractivity contribution is 6.09. The molecule has 0 N–H and O–H groups in total. The SMILES string of the molecule is [2H]c1c([2H])c([2H])c(-c2cccc3c2-c2cccc(C(C)(C)C)c2-[n+]2[c-]n(-c4cccc(Oc5ccc6c7ccccc7n(-c7cc(C(C)(C)C)ccn7)c6c5)c4)c4cc(C(C)(C)C)cc(c42)-c2ccccc2-3)c([2H])c1[2H]. The molecule has 0 amide bonds. The molecular weight excluding hydrogens is 865 g/mol. The lowest BCUT2D eigenvalue weighted by Gasteiger charge is -2.27. The molecule has 12 rings (SSSR count). The van der Waals surface area contributed by atoms with Gasteiger partial charge < -0.3 is 4.74 Å². The quantitative estimate of drug-likeness (QED) is 0.127. The molecule has 0 atom stereocenters. The number of hydrogen-bond acceptors (Lipinski definition) is 2. The molecule has 11 aromatic rings. The lowest BCUT2D eigenvalue weighted by molar-refractivity contribution is -0.572. The molecule has 0 radical (unpaired) electrons. The summed E-state index contributed by atoms with van der Waals surface area (Å²) < 4.78 is 58.2. The average Bonchev–Trinajstić information content (AvgIpc) is 3.97. The van der Waals surface area contributed by atoms with E-state index in [0.29, 0.717) is 17.1 Å².